The lowest BCUT2D eigenvalue weighted by Crippen LogP contribution is -2.30. The molecule has 2 aromatic carbocycles. The second kappa shape index (κ2) is 9.66. The van der Waals surface area contributed by atoms with Crippen LogP contribution in [0.3, 0.4) is 0 Å². The van der Waals surface area contributed by atoms with Gasteiger partial charge in [-0.25, -0.2) is 4.79 Å². The van der Waals surface area contributed by atoms with Crippen molar-refractivity contribution in [1.29, 1.82) is 0 Å². The van der Waals surface area contributed by atoms with Crippen LogP contribution in [0.1, 0.15) is 5.56 Å². The van der Waals surface area contributed by atoms with Gasteiger partial charge in [0.05, 0.1) is 13.2 Å². The Morgan fingerprint density at radius 1 is 1.00 bits per heavy atom. The molecule has 140 valence electrons. The lowest BCUT2D eigenvalue weighted by molar-refractivity contribution is -0.155. The first-order valence-electron chi connectivity index (χ1n) is 8.92. The highest BCUT2D eigenvalue weighted by Gasteiger charge is 2.19. The van der Waals surface area contributed by atoms with Gasteiger partial charge < -0.3 is 14.6 Å². The van der Waals surface area contributed by atoms with Crippen molar-refractivity contribution in [2.75, 3.05) is 13.2 Å². The lowest BCUT2D eigenvalue weighted by Gasteiger charge is -2.18. The summed E-state index contributed by atoms with van der Waals surface area (Å²) < 4.78 is 11.1. The van der Waals surface area contributed by atoms with Gasteiger partial charge in [-0.3, -0.25) is 0 Å². The van der Waals surface area contributed by atoms with E-state index in [9.17, 15) is 9.90 Å². The van der Waals surface area contributed by atoms with Crippen LogP contribution in [0.2, 0.25) is 25.7 Å². The molecule has 0 unspecified atom stereocenters. The number of carbonyl (C=O) groups is 1. The summed E-state index contributed by atoms with van der Waals surface area (Å²) in [4.78, 5) is 11.4. The molecule has 0 bridgehead atoms. The topological polar surface area (TPSA) is 55.8 Å². The maximum Gasteiger partial charge on any atom is 0.335 e. The molecule has 0 aliphatic rings. The van der Waals surface area contributed by atoms with Crippen molar-refractivity contribution in [3.63, 3.8) is 0 Å². The number of carboxylic acids is 1. The first kappa shape index (κ1) is 20.4. The third-order valence-corrected chi connectivity index (χ3v) is 5.76. The Balaban J connectivity index is 1.83. The van der Waals surface area contributed by atoms with Crippen LogP contribution in [-0.4, -0.2) is 38.5 Å². The average molecular weight is 373 g/mol. The molecule has 0 amide bonds. The van der Waals surface area contributed by atoms with Gasteiger partial charge >= 0.3 is 5.97 Å². The molecule has 4 nitrogen and oxygen atoms in total. The molecule has 0 saturated carbocycles. The SMILES string of the molecule is C[Si](C)(C)CCOC[C@@H](OCc1ccc(-c2ccccc2)cc1)C(=O)O. The molecule has 0 aliphatic carbocycles. The smallest absolute Gasteiger partial charge is 0.335 e. The van der Waals surface area contributed by atoms with Crippen LogP contribution in [0.5, 0.6) is 0 Å². The van der Waals surface area contributed by atoms with Crippen molar-refractivity contribution < 1.29 is 19.4 Å². The highest BCUT2D eigenvalue weighted by molar-refractivity contribution is 6.76. The van der Waals surface area contributed by atoms with Gasteiger partial charge in [-0.2, -0.15) is 0 Å². The van der Waals surface area contributed by atoms with E-state index in [-0.39, 0.29) is 13.2 Å². The number of hydrogen-bond donors (Lipinski definition) is 1. The minimum atomic E-state index is -1.17. The van der Waals surface area contributed by atoms with Crippen LogP contribution in [0.25, 0.3) is 11.1 Å². The van der Waals surface area contributed by atoms with Crippen LogP contribution in [0, 0.1) is 0 Å². The highest BCUT2D eigenvalue weighted by Crippen LogP contribution is 2.19. The largest absolute Gasteiger partial charge is 0.479 e. The zero-order valence-electron chi connectivity index (χ0n) is 15.8. The third-order valence-electron chi connectivity index (χ3n) is 4.05. The number of aliphatic carboxylic acids is 1. The summed E-state index contributed by atoms with van der Waals surface area (Å²) in [5.74, 6) is -0.987. The predicted molar refractivity (Wildman–Crippen MR) is 107 cm³/mol. The minimum absolute atomic E-state index is 0.0852. The van der Waals surface area contributed by atoms with Crippen molar-refractivity contribution in [1.82, 2.24) is 0 Å². The van der Waals surface area contributed by atoms with Gasteiger partial charge in [-0.05, 0) is 22.7 Å². The Kier molecular flexibility index (Phi) is 7.57. The fraction of sp³-hybridized carbons (Fsp3) is 0.381. The molecule has 0 radical (unpaired) electrons. The van der Waals surface area contributed by atoms with Crippen LogP contribution >= 0.6 is 0 Å². The molecule has 0 heterocycles. The highest BCUT2D eigenvalue weighted by atomic mass is 28.3. The van der Waals surface area contributed by atoms with Crippen LogP contribution < -0.4 is 0 Å². The number of hydrogen-bond acceptors (Lipinski definition) is 3. The lowest BCUT2D eigenvalue weighted by atomic mass is 10.0. The Bertz CT molecular complexity index is 677. The third kappa shape index (κ3) is 7.12. The van der Waals surface area contributed by atoms with Crippen LogP contribution in [0.15, 0.2) is 54.6 Å². The van der Waals surface area contributed by atoms with E-state index in [2.05, 4.69) is 31.8 Å². The van der Waals surface area contributed by atoms with Crippen LogP contribution in [0.4, 0.5) is 0 Å². The molecule has 26 heavy (non-hydrogen) atoms. The minimum Gasteiger partial charge on any atom is -0.479 e. The molecule has 5 heteroatoms. The zero-order chi connectivity index (χ0) is 19.0. The van der Waals surface area contributed by atoms with E-state index >= 15 is 0 Å². The molecule has 1 N–H and O–H groups in total. The number of carboxylic acid groups (broad SMARTS) is 1. The fourth-order valence-electron chi connectivity index (χ4n) is 2.38. The molecule has 0 spiro atoms. The van der Waals surface area contributed by atoms with Gasteiger partial charge in [0, 0.05) is 14.7 Å². The average Bonchev–Trinajstić information content (AvgIpc) is 2.61. The summed E-state index contributed by atoms with van der Waals surface area (Å²) in [5.41, 5.74) is 3.22. The molecule has 0 saturated heterocycles. The monoisotopic (exact) mass is 372 g/mol. The van der Waals surface area contributed by atoms with Gasteiger partial charge in [0.2, 0.25) is 0 Å². The molecule has 0 aliphatic heterocycles. The van der Waals surface area contributed by atoms with E-state index in [0.29, 0.717) is 6.61 Å². The molecule has 0 aromatic heterocycles. The summed E-state index contributed by atoms with van der Waals surface area (Å²) in [7, 11) is -1.17. The maximum atomic E-state index is 11.4. The van der Waals surface area contributed by atoms with Crippen molar-refractivity contribution in [3.05, 3.63) is 60.2 Å². The molecule has 0 fully saturated rings. The van der Waals surface area contributed by atoms with Gasteiger partial charge in [0.1, 0.15) is 0 Å². The van der Waals surface area contributed by atoms with E-state index < -0.39 is 20.1 Å². The number of rotatable bonds is 10. The summed E-state index contributed by atoms with van der Waals surface area (Å²) in [6.07, 6.45) is -0.939. The summed E-state index contributed by atoms with van der Waals surface area (Å²) in [6.45, 7) is 7.72. The van der Waals surface area contributed by atoms with E-state index in [1.54, 1.807) is 0 Å². The van der Waals surface area contributed by atoms with Crippen LogP contribution in [-0.2, 0) is 20.9 Å². The normalized spacial score (nSPS) is 12.7. The summed E-state index contributed by atoms with van der Waals surface area (Å²) in [5, 5.41) is 9.31. The summed E-state index contributed by atoms with van der Waals surface area (Å²) in [6, 6.07) is 19.1. The molecular weight excluding hydrogens is 344 g/mol. The van der Waals surface area contributed by atoms with Gasteiger partial charge in [-0.1, -0.05) is 74.2 Å². The van der Waals surface area contributed by atoms with E-state index in [1.807, 2.05) is 42.5 Å². The van der Waals surface area contributed by atoms with Crippen molar-refractivity contribution in [2.24, 2.45) is 0 Å². The first-order chi connectivity index (χ1) is 12.3. The van der Waals surface area contributed by atoms with Crippen molar-refractivity contribution in [2.45, 2.75) is 38.4 Å². The Hall–Kier alpha value is -1.95. The fourth-order valence-corrected chi connectivity index (χ4v) is 3.14. The molecule has 1 atom stereocenters. The van der Waals surface area contributed by atoms with E-state index in [4.69, 9.17) is 9.47 Å². The predicted octanol–water partition coefficient (Wildman–Crippen LogP) is 4.68. The second-order valence-electron chi connectivity index (χ2n) is 7.59. The van der Waals surface area contributed by atoms with Crippen molar-refractivity contribution >= 4 is 14.0 Å². The van der Waals surface area contributed by atoms with Gasteiger partial charge in [0.25, 0.3) is 0 Å². The maximum absolute atomic E-state index is 11.4. The van der Waals surface area contributed by atoms with Gasteiger partial charge in [-0.15, -0.1) is 0 Å². The molecule has 2 rings (SSSR count). The Labute approximate surface area is 156 Å². The van der Waals surface area contributed by atoms with Gasteiger partial charge in [0.15, 0.2) is 6.10 Å². The molecule has 2 aromatic rings. The van der Waals surface area contributed by atoms with Crippen molar-refractivity contribution in [3.8, 4) is 11.1 Å². The second-order valence-corrected chi connectivity index (χ2v) is 13.2. The molecular formula is C21H28O4Si. The Morgan fingerprint density at radius 3 is 2.19 bits per heavy atom. The van der Waals surface area contributed by atoms with E-state index in [0.717, 1.165) is 22.7 Å². The quantitative estimate of drug-likeness (QED) is 0.486. The number of ether oxygens (including phenoxy) is 2. The van der Waals surface area contributed by atoms with E-state index in [1.165, 1.54) is 0 Å². The number of benzene rings is 2. The zero-order valence-corrected chi connectivity index (χ0v) is 16.8. The standard InChI is InChI=1S/C21H28O4Si/c1-26(2,3)14-13-24-16-20(21(22)23)25-15-17-9-11-19(12-10-17)18-7-5-4-6-8-18/h4-12,20H,13-16H2,1-3H3,(H,22,23)/t20-/m1/s1. The first-order valence-corrected chi connectivity index (χ1v) is 12.6. The summed E-state index contributed by atoms with van der Waals surface area (Å²) >= 11 is 0. The Morgan fingerprint density at radius 2 is 1.62 bits per heavy atom.